The minimum absolute atomic E-state index is 0.0133. The molecule has 0 spiro atoms. The van der Waals surface area contributed by atoms with E-state index in [2.05, 4.69) is 10.1 Å². The van der Waals surface area contributed by atoms with Crippen LogP contribution in [-0.4, -0.2) is 29.8 Å². The van der Waals surface area contributed by atoms with E-state index < -0.39 is 0 Å². The van der Waals surface area contributed by atoms with Crippen LogP contribution in [0.15, 0.2) is 18.2 Å². The number of aromatic hydroxyl groups is 2. The zero-order valence-electron chi connectivity index (χ0n) is 10.6. The molecule has 0 heterocycles. The lowest BCUT2D eigenvalue weighted by atomic mass is 10.1. The predicted octanol–water partition coefficient (Wildman–Crippen LogP) is 1.70. The number of ether oxygens (including phenoxy) is 1. The molecule has 5 nitrogen and oxygen atoms in total. The van der Waals surface area contributed by atoms with Gasteiger partial charge in [0.25, 0.3) is 0 Å². The first-order chi connectivity index (χ1) is 8.52. The molecule has 3 N–H and O–H groups in total. The van der Waals surface area contributed by atoms with Gasteiger partial charge in [-0.3, -0.25) is 4.79 Å². The first kappa shape index (κ1) is 14.3. The van der Waals surface area contributed by atoms with E-state index in [4.69, 9.17) is 0 Å². The molecule has 1 aromatic rings. The minimum atomic E-state index is -0.223. The van der Waals surface area contributed by atoms with E-state index in [1.165, 1.54) is 13.2 Å². The summed E-state index contributed by atoms with van der Waals surface area (Å²) in [5.41, 5.74) is 0.797. The molecule has 0 amide bonds. The standard InChI is InChI=1S/C13H19NO4/c1-9(14-5-3-4-13(17)18-2)10-6-11(15)8-12(16)7-10/h6-9,14-16H,3-5H2,1-2H3. The third kappa shape index (κ3) is 4.63. The van der Waals surface area contributed by atoms with Gasteiger partial charge in [0.2, 0.25) is 0 Å². The van der Waals surface area contributed by atoms with Gasteiger partial charge >= 0.3 is 5.97 Å². The summed E-state index contributed by atoms with van der Waals surface area (Å²) in [5, 5.41) is 21.9. The quantitative estimate of drug-likeness (QED) is 0.531. The van der Waals surface area contributed by atoms with Crippen LogP contribution in [-0.2, 0) is 9.53 Å². The van der Waals surface area contributed by atoms with Crippen molar-refractivity contribution in [1.82, 2.24) is 5.32 Å². The summed E-state index contributed by atoms with van der Waals surface area (Å²) in [6.45, 7) is 2.58. The second kappa shape index (κ2) is 6.86. The van der Waals surface area contributed by atoms with Gasteiger partial charge in [0, 0.05) is 18.5 Å². The average Bonchev–Trinajstić information content (AvgIpc) is 2.32. The molecular weight excluding hydrogens is 234 g/mol. The molecule has 18 heavy (non-hydrogen) atoms. The maximum Gasteiger partial charge on any atom is 0.305 e. The molecule has 0 saturated carbocycles. The number of esters is 1. The molecule has 0 bridgehead atoms. The van der Waals surface area contributed by atoms with Gasteiger partial charge in [-0.05, 0) is 37.6 Å². The number of hydrogen-bond donors (Lipinski definition) is 3. The van der Waals surface area contributed by atoms with Gasteiger partial charge in [0.05, 0.1) is 7.11 Å². The molecule has 0 aromatic heterocycles. The van der Waals surface area contributed by atoms with Crippen molar-refractivity contribution in [2.45, 2.75) is 25.8 Å². The Labute approximate surface area is 106 Å². The normalized spacial score (nSPS) is 12.1. The first-order valence-corrected chi connectivity index (χ1v) is 5.86. The van der Waals surface area contributed by atoms with E-state index >= 15 is 0 Å². The zero-order valence-corrected chi connectivity index (χ0v) is 10.6. The van der Waals surface area contributed by atoms with Gasteiger partial charge in [-0.1, -0.05) is 0 Å². The largest absolute Gasteiger partial charge is 0.508 e. The molecule has 1 atom stereocenters. The summed E-state index contributed by atoms with van der Waals surface area (Å²) in [4.78, 5) is 10.9. The summed E-state index contributed by atoms with van der Waals surface area (Å²) in [6.07, 6.45) is 1.06. The number of carbonyl (C=O) groups excluding carboxylic acids is 1. The van der Waals surface area contributed by atoms with Crippen molar-refractivity contribution in [3.8, 4) is 11.5 Å². The molecule has 1 aromatic carbocycles. The fraction of sp³-hybridized carbons (Fsp3) is 0.462. The summed E-state index contributed by atoms with van der Waals surface area (Å²) in [6, 6.07) is 4.46. The Balaban J connectivity index is 2.40. The van der Waals surface area contributed by atoms with Crippen molar-refractivity contribution in [3.63, 3.8) is 0 Å². The van der Waals surface area contributed by atoms with E-state index in [-0.39, 0.29) is 23.5 Å². The monoisotopic (exact) mass is 253 g/mol. The SMILES string of the molecule is COC(=O)CCCNC(C)c1cc(O)cc(O)c1. The second-order valence-corrected chi connectivity index (χ2v) is 4.14. The number of nitrogens with one attached hydrogen (secondary N) is 1. The molecule has 0 aliphatic rings. The number of hydrogen-bond acceptors (Lipinski definition) is 5. The van der Waals surface area contributed by atoms with Crippen LogP contribution in [0.5, 0.6) is 11.5 Å². The van der Waals surface area contributed by atoms with Crippen LogP contribution in [0.4, 0.5) is 0 Å². The Morgan fingerprint density at radius 2 is 1.94 bits per heavy atom. The van der Waals surface area contributed by atoms with Crippen LogP contribution in [0.1, 0.15) is 31.4 Å². The highest BCUT2D eigenvalue weighted by Gasteiger charge is 2.08. The molecule has 1 rings (SSSR count). The Bertz CT molecular complexity index is 386. The Morgan fingerprint density at radius 1 is 1.33 bits per heavy atom. The molecule has 0 saturated heterocycles. The van der Waals surface area contributed by atoms with Crippen molar-refractivity contribution in [2.24, 2.45) is 0 Å². The molecule has 0 radical (unpaired) electrons. The van der Waals surface area contributed by atoms with Gasteiger partial charge in [-0.2, -0.15) is 0 Å². The summed E-state index contributed by atoms with van der Waals surface area (Å²) >= 11 is 0. The van der Waals surface area contributed by atoms with E-state index in [1.54, 1.807) is 12.1 Å². The van der Waals surface area contributed by atoms with Crippen LogP contribution < -0.4 is 5.32 Å². The fourth-order valence-corrected chi connectivity index (χ4v) is 1.64. The molecular formula is C13H19NO4. The number of rotatable bonds is 6. The van der Waals surface area contributed by atoms with Gasteiger partial charge in [0.1, 0.15) is 11.5 Å². The van der Waals surface area contributed by atoms with Gasteiger partial charge in [-0.25, -0.2) is 0 Å². The third-order valence-electron chi connectivity index (χ3n) is 2.66. The number of phenols is 2. The first-order valence-electron chi connectivity index (χ1n) is 5.86. The van der Waals surface area contributed by atoms with Crippen LogP contribution in [0.25, 0.3) is 0 Å². The van der Waals surface area contributed by atoms with Crippen molar-refractivity contribution in [3.05, 3.63) is 23.8 Å². The third-order valence-corrected chi connectivity index (χ3v) is 2.66. The Hall–Kier alpha value is -1.75. The average molecular weight is 253 g/mol. The van der Waals surface area contributed by atoms with Gasteiger partial charge in [0.15, 0.2) is 0 Å². The summed E-state index contributed by atoms with van der Waals surface area (Å²) in [7, 11) is 1.37. The van der Waals surface area contributed by atoms with Crippen molar-refractivity contribution in [2.75, 3.05) is 13.7 Å². The van der Waals surface area contributed by atoms with E-state index in [9.17, 15) is 15.0 Å². The van der Waals surface area contributed by atoms with Gasteiger partial charge in [-0.15, -0.1) is 0 Å². The van der Waals surface area contributed by atoms with E-state index in [0.29, 0.717) is 19.4 Å². The zero-order chi connectivity index (χ0) is 13.5. The maximum atomic E-state index is 10.9. The van der Waals surface area contributed by atoms with E-state index in [0.717, 1.165) is 5.56 Å². The summed E-state index contributed by atoms with van der Waals surface area (Å²) < 4.78 is 4.54. The molecule has 1 unspecified atom stereocenters. The van der Waals surface area contributed by atoms with Crippen molar-refractivity contribution >= 4 is 5.97 Å². The molecule has 0 fully saturated rings. The van der Waals surface area contributed by atoms with Crippen LogP contribution in [0, 0.1) is 0 Å². The van der Waals surface area contributed by atoms with Crippen molar-refractivity contribution in [1.29, 1.82) is 0 Å². The van der Waals surface area contributed by atoms with E-state index in [1.807, 2.05) is 6.92 Å². The molecule has 0 aliphatic heterocycles. The highest BCUT2D eigenvalue weighted by atomic mass is 16.5. The second-order valence-electron chi connectivity index (χ2n) is 4.14. The maximum absolute atomic E-state index is 10.9. The number of benzene rings is 1. The number of carbonyl (C=O) groups is 1. The lowest BCUT2D eigenvalue weighted by Crippen LogP contribution is -2.20. The van der Waals surface area contributed by atoms with Crippen molar-refractivity contribution < 1.29 is 19.7 Å². The number of methoxy groups -OCH3 is 1. The minimum Gasteiger partial charge on any atom is -0.508 e. The summed E-state index contributed by atoms with van der Waals surface area (Å²) in [5.74, 6) is -0.152. The Morgan fingerprint density at radius 3 is 2.50 bits per heavy atom. The molecule has 5 heteroatoms. The lowest BCUT2D eigenvalue weighted by Gasteiger charge is -2.14. The van der Waals surface area contributed by atoms with Crippen LogP contribution in [0.3, 0.4) is 0 Å². The Kier molecular flexibility index (Phi) is 5.45. The fourth-order valence-electron chi connectivity index (χ4n) is 1.64. The molecule has 0 aliphatic carbocycles. The highest BCUT2D eigenvalue weighted by molar-refractivity contribution is 5.69. The predicted molar refractivity (Wildman–Crippen MR) is 67.4 cm³/mol. The van der Waals surface area contributed by atoms with Gasteiger partial charge < -0.3 is 20.3 Å². The van der Waals surface area contributed by atoms with Crippen LogP contribution in [0.2, 0.25) is 0 Å². The smallest absolute Gasteiger partial charge is 0.305 e. The molecule has 100 valence electrons. The topological polar surface area (TPSA) is 78.8 Å². The highest BCUT2D eigenvalue weighted by Crippen LogP contribution is 2.24. The van der Waals surface area contributed by atoms with Crippen LogP contribution >= 0.6 is 0 Å². The number of phenolic OH excluding ortho intramolecular Hbond substituents is 2. The lowest BCUT2D eigenvalue weighted by molar-refractivity contribution is -0.140.